The normalized spacial score (nSPS) is 15.8. The van der Waals surface area contributed by atoms with E-state index in [4.69, 9.17) is 5.26 Å². The van der Waals surface area contributed by atoms with Crippen LogP contribution < -0.4 is 10.6 Å². The van der Waals surface area contributed by atoms with Gasteiger partial charge < -0.3 is 10.6 Å². The molecule has 2 rings (SSSR count). The summed E-state index contributed by atoms with van der Waals surface area (Å²) >= 11 is 0. The predicted molar refractivity (Wildman–Crippen MR) is 64.5 cm³/mol. The molecule has 1 unspecified atom stereocenters. The van der Waals surface area contributed by atoms with E-state index in [1.54, 1.807) is 6.07 Å². The van der Waals surface area contributed by atoms with Crippen LogP contribution in [0.25, 0.3) is 0 Å². The first kappa shape index (κ1) is 12.1. The standard InChI is InChI=1S/C13H13N3O2/c14-5-6-15-12(17)13(18)16-8-10-7-9-3-1-2-4-11(9)10/h1-4,10H,6-8H2,(H,15,17)(H,16,18). The third-order valence-electron chi connectivity index (χ3n) is 3.00. The van der Waals surface area contributed by atoms with Gasteiger partial charge in [0.1, 0.15) is 6.54 Å². The minimum atomic E-state index is -0.760. The lowest BCUT2D eigenvalue weighted by atomic mass is 9.77. The molecule has 1 atom stereocenters. The molecule has 92 valence electrons. The zero-order valence-corrected chi connectivity index (χ0v) is 9.77. The Morgan fingerprint density at radius 1 is 1.28 bits per heavy atom. The van der Waals surface area contributed by atoms with Gasteiger partial charge in [-0.2, -0.15) is 5.26 Å². The maximum absolute atomic E-state index is 11.4. The van der Waals surface area contributed by atoms with E-state index in [-0.39, 0.29) is 12.5 Å². The highest BCUT2D eigenvalue weighted by molar-refractivity contribution is 6.35. The lowest BCUT2D eigenvalue weighted by Crippen LogP contribution is -2.42. The molecule has 2 amide bonds. The number of carbonyl (C=O) groups excluding carboxylic acids is 2. The molecule has 1 aliphatic rings. The molecule has 0 spiro atoms. The molecular formula is C13H13N3O2. The zero-order chi connectivity index (χ0) is 13.0. The lowest BCUT2D eigenvalue weighted by molar-refractivity contribution is -0.139. The summed E-state index contributed by atoms with van der Waals surface area (Å²) in [6, 6.07) is 9.79. The molecule has 1 aromatic carbocycles. The summed E-state index contributed by atoms with van der Waals surface area (Å²) in [5.74, 6) is -1.16. The van der Waals surface area contributed by atoms with E-state index in [9.17, 15) is 9.59 Å². The Kier molecular flexibility index (Phi) is 3.58. The summed E-state index contributed by atoms with van der Waals surface area (Å²) in [6.07, 6.45) is 0.927. The van der Waals surface area contributed by atoms with E-state index in [1.165, 1.54) is 11.1 Å². The van der Waals surface area contributed by atoms with Crippen molar-refractivity contribution in [2.24, 2.45) is 0 Å². The van der Waals surface area contributed by atoms with Crippen LogP contribution in [0.15, 0.2) is 24.3 Å². The molecule has 0 aliphatic heterocycles. The summed E-state index contributed by atoms with van der Waals surface area (Å²) in [4.78, 5) is 22.6. The molecular weight excluding hydrogens is 230 g/mol. The van der Waals surface area contributed by atoms with Gasteiger partial charge >= 0.3 is 11.8 Å². The molecule has 0 heterocycles. The quantitative estimate of drug-likeness (QED) is 0.582. The predicted octanol–water partition coefficient (Wildman–Crippen LogP) is 0.0823. The second kappa shape index (κ2) is 5.32. The summed E-state index contributed by atoms with van der Waals surface area (Å²) in [7, 11) is 0. The Balaban J connectivity index is 1.79. The molecule has 0 radical (unpaired) electrons. The summed E-state index contributed by atoms with van der Waals surface area (Å²) in [6.45, 7) is 0.300. The molecule has 5 nitrogen and oxygen atoms in total. The molecule has 1 aromatic rings. The number of amides is 2. The van der Waals surface area contributed by atoms with E-state index in [0.29, 0.717) is 6.54 Å². The van der Waals surface area contributed by atoms with Crippen LogP contribution in [-0.2, 0) is 16.0 Å². The third-order valence-corrected chi connectivity index (χ3v) is 3.00. The van der Waals surface area contributed by atoms with Crippen molar-refractivity contribution in [1.82, 2.24) is 10.6 Å². The Bertz CT molecular complexity index is 519. The van der Waals surface area contributed by atoms with E-state index >= 15 is 0 Å². The Morgan fingerprint density at radius 2 is 2.00 bits per heavy atom. The van der Waals surface area contributed by atoms with Gasteiger partial charge in [0.2, 0.25) is 0 Å². The Hall–Kier alpha value is -2.35. The van der Waals surface area contributed by atoms with Crippen molar-refractivity contribution < 1.29 is 9.59 Å². The molecule has 18 heavy (non-hydrogen) atoms. The largest absolute Gasteiger partial charge is 0.347 e. The van der Waals surface area contributed by atoms with E-state index in [1.807, 2.05) is 18.2 Å². The lowest BCUT2D eigenvalue weighted by Gasteiger charge is -2.30. The highest BCUT2D eigenvalue weighted by atomic mass is 16.2. The number of nitriles is 1. The number of carbonyl (C=O) groups is 2. The fourth-order valence-electron chi connectivity index (χ4n) is 2.04. The van der Waals surface area contributed by atoms with Crippen molar-refractivity contribution in [3.8, 4) is 6.07 Å². The summed E-state index contributed by atoms with van der Waals surface area (Å²) < 4.78 is 0. The second-order valence-electron chi connectivity index (χ2n) is 4.15. The highest BCUT2D eigenvalue weighted by Crippen LogP contribution is 2.33. The van der Waals surface area contributed by atoms with Crippen LogP contribution in [0.3, 0.4) is 0 Å². The van der Waals surface area contributed by atoms with Crippen LogP contribution in [0, 0.1) is 11.3 Å². The van der Waals surface area contributed by atoms with Gasteiger partial charge in [0.05, 0.1) is 6.07 Å². The smallest absolute Gasteiger partial charge is 0.310 e. The third kappa shape index (κ3) is 2.48. The number of nitrogens with zero attached hydrogens (tertiary/aromatic N) is 1. The number of benzene rings is 1. The molecule has 0 aromatic heterocycles. The Labute approximate surface area is 105 Å². The molecule has 0 saturated carbocycles. The van der Waals surface area contributed by atoms with E-state index < -0.39 is 11.8 Å². The van der Waals surface area contributed by atoms with Gasteiger partial charge in [0, 0.05) is 12.5 Å². The molecule has 2 N–H and O–H groups in total. The van der Waals surface area contributed by atoms with Gasteiger partial charge in [0.25, 0.3) is 0 Å². The van der Waals surface area contributed by atoms with E-state index in [2.05, 4.69) is 16.7 Å². The Morgan fingerprint density at radius 3 is 2.72 bits per heavy atom. The molecule has 5 heteroatoms. The minimum absolute atomic E-state index is 0.154. The van der Waals surface area contributed by atoms with Crippen LogP contribution in [0.2, 0.25) is 0 Å². The van der Waals surface area contributed by atoms with Crippen LogP contribution in [0.4, 0.5) is 0 Å². The average molecular weight is 243 g/mol. The maximum atomic E-state index is 11.4. The molecule has 0 fully saturated rings. The first-order valence-electron chi connectivity index (χ1n) is 5.73. The number of hydrogen-bond donors (Lipinski definition) is 2. The van der Waals surface area contributed by atoms with Crippen LogP contribution >= 0.6 is 0 Å². The van der Waals surface area contributed by atoms with Crippen LogP contribution in [0.5, 0.6) is 0 Å². The van der Waals surface area contributed by atoms with Crippen molar-refractivity contribution in [2.75, 3.05) is 13.1 Å². The van der Waals surface area contributed by atoms with Gasteiger partial charge in [-0.25, -0.2) is 0 Å². The molecule has 0 bridgehead atoms. The summed E-state index contributed by atoms with van der Waals surface area (Å²) in [5, 5.41) is 13.0. The van der Waals surface area contributed by atoms with Crippen molar-refractivity contribution in [3.05, 3.63) is 35.4 Å². The number of rotatable bonds is 3. The first-order valence-corrected chi connectivity index (χ1v) is 5.73. The zero-order valence-electron chi connectivity index (χ0n) is 9.77. The topological polar surface area (TPSA) is 82.0 Å². The SMILES string of the molecule is N#CCNC(=O)C(=O)NCC1Cc2ccccc21. The number of hydrogen-bond acceptors (Lipinski definition) is 3. The fraction of sp³-hybridized carbons (Fsp3) is 0.308. The van der Waals surface area contributed by atoms with Crippen molar-refractivity contribution >= 4 is 11.8 Å². The highest BCUT2D eigenvalue weighted by Gasteiger charge is 2.26. The van der Waals surface area contributed by atoms with Gasteiger partial charge in [-0.15, -0.1) is 0 Å². The average Bonchev–Trinajstić information content (AvgIpc) is 2.36. The first-order chi connectivity index (χ1) is 8.72. The van der Waals surface area contributed by atoms with Crippen molar-refractivity contribution in [3.63, 3.8) is 0 Å². The maximum Gasteiger partial charge on any atom is 0.310 e. The monoisotopic (exact) mass is 243 g/mol. The van der Waals surface area contributed by atoms with Crippen LogP contribution in [0.1, 0.15) is 17.0 Å². The second-order valence-corrected chi connectivity index (χ2v) is 4.15. The van der Waals surface area contributed by atoms with Gasteiger partial charge in [0.15, 0.2) is 0 Å². The number of fused-ring (bicyclic) bond motifs is 1. The summed E-state index contributed by atoms with van der Waals surface area (Å²) in [5.41, 5.74) is 2.53. The fourth-order valence-corrected chi connectivity index (χ4v) is 2.04. The van der Waals surface area contributed by atoms with Crippen molar-refractivity contribution in [2.45, 2.75) is 12.3 Å². The van der Waals surface area contributed by atoms with Gasteiger partial charge in [-0.3, -0.25) is 9.59 Å². The van der Waals surface area contributed by atoms with E-state index in [0.717, 1.165) is 6.42 Å². The van der Waals surface area contributed by atoms with Gasteiger partial charge in [-0.1, -0.05) is 24.3 Å². The van der Waals surface area contributed by atoms with Crippen LogP contribution in [-0.4, -0.2) is 24.9 Å². The minimum Gasteiger partial charge on any atom is -0.347 e. The molecule has 0 saturated heterocycles. The van der Waals surface area contributed by atoms with Crippen molar-refractivity contribution in [1.29, 1.82) is 5.26 Å². The molecule has 1 aliphatic carbocycles. The number of nitrogens with one attached hydrogen (secondary N) is 2. The van der Waals surface area contributed by atoms with Gasteiger partial charge in [-0.05, 0) is 17.5 Å².